The van der Waals surface area contributed by atoms with Crippen LogP contribution in [0.4, 0.5) is 13.2 Å². The van der Waals surface area contributed by atoms with Crippen molar-refractivity contribution in [3.63, 3.8) is 0 Å². The third-order valence-electron chi connectivity index (χ3n) is 13.1. The van der Waals surface area contributed by atoms with Crippen LogP contribution in [0.25, 0.3) is 111 Å². The van der Waals surface area contributed by atoms with E-state index in [9.17, 15) is 5.26 Å². The fourth-order valence-electron chi connectivity index (χ4n) is 9.87. The molecule has 0 aliphatic carbocycles. The number of fused-ring (bicyclic) bond motifs is 6. The number of nitrogens with zero attached hydrogens (tertiary/aromatic N) is 4. The minimum absolute atomic E-state index is 0.00323. The van der Waals surface area contributed by atoms with Crippen LogP contribution < -0.4 is 0 Å². The maximum absolute atomic E-state index is 15.3. The SMILES string of the molecule is N#Cc1cc(-n2c3ccccc3c3ccc(-c4ccc(-c5ccccc5)nc4)cc32)c(-c2ccccc2C(F)(F)F)cc1-n1c2ccccc2c2ccc(-c3ccc(-c4ccccc4)cc3)cc21. The Kier molecular flexibility index (Phi) is 9.63. The molecule has 0 atom stereocenters. The Labute approximate surface area is 389 Å². The number of hydrogen-bond acceptors (Lipinski definition) is 2. The van der Waals surface area contributed by atoms with E-state index in [0.717, 1.165) is 94.3 Å². The van der Waals surface area contributed by atoms with E-state index in [-0.39, 0.29) is 5.56 Å². The van der Waals surface area contributed by atoms with Crippen molar-refractivity contribution >= 4 is 43.6 Å². The van der Waals surface area contributed by atoms with E-state index in [0.29, 0.717) is 22.5 Å². The molecule has 0 fully saturated rings. The smallest absolute Gasteiger partial charge is 0.309 e. The zero-order chi connectivity index (χ0) is 45.9. The Morgan fingerprint density at radius 3 is 1.44 bits per heavy atom. The van der Waals surface area contributed by atoms with Gasteiger partial charge in [0.05, 0.1) is 50.3 Å². The summed E-state index contributed by atoms with van der Waals surface area (Å²) in [7, 11) is 0. The summed E-state index contributed by atoms with van der Waals surface area (Å²) in [6, 6.07) is 72.7. The zero-order valence-corrected chi connectivity index (χ0v) is 36.3. The average Bonchev–Trinajstić information content (AvgIpc) is 3.90. The zero-order valence-electron chi connectivity index (χ0n) is 36.3. The van der Waals surface area contributed by atoms with Crippen LogP contribution in [-0.2, 0) is 6.18 Å². The van der Waals surface area contributed by atoms with Gasteiger partial charge in [0.1, 0.15) is 6.07 Å². The van der Waals surface area contributed by atoms with Gasteiger partial charge in [-0.3, -0.25) is 4.98 Å². The van der Waals surface area contributed by atoms with Crippen LogP contribution in [0.15, 0.2) is 225 Å². The summed E-state index contributed by atoms with van der Waals surface area (Å²) in [4.78, 5) is 4.80. The van der Waals surface area contributed by atoms with Gasteiger partial charge in [0, 0.05) is 44.4 Å². The number of alkyl halides is 3. The van der Waals surface area contributed by atoms with Crippen molar-refractivity contribution in [2.24, 2.45) is 0 Å². The predicted octanol–water partition coefficient (Wildman–Crippen LogP) is 16.5. The molecule has 0 amide bonds. The van der Waals surface area contributed by atoms with Crippen LogP contribution in [0, 0.1) is 11.3 Å². The molecule has 0 bridgehead atoms. The van der Waals surface area contributed by atoms with Crippen LogP contribution in [0.1, 0.15) is 11.1 Å². The molecule has 0 saturated heterocycles. The Balaban J connectivity index is 1.10. The Morgan fingerprint density at radius 1 is 0.382 bits per heavy atom. The summed E-state index contributed by atoms with van der Waals surface area (Å²) in [6.45, 7) is 0. The summed E-state index contributed by atoms with van der Waals surface area (Å²) in [5.74, 6) is 0. The van der Waals surface area contributed by atoms with Crippen molar-refractivity contribution in [2.75, 3.05) is 0 Å². The van der Waals surface area contributed by atoms with Gasteiger partial charge in [0.25, 0.3) is 0 Å². The molecule has 0 spiro atoms. The molecule has 322 valence electrons. The van der Waals surface area contributed by atoms with Gasteiger partial charge < -0.3 is 9.13 Å². The van der Waals surface area contributed by atoms with E-state index in [1.165, 1.54) is 12.1 Å². The van der Waals surface area contributed by atoms with Gasteiger partial charge in [-0.25, -0.2) is 0 Å². The van der Waals surface area contributed by atoms with E-state index in [4.69, 9.17) is 4.98 Å². The lowest BCUT2D eigenvalue weighted by Gasteiger charge is -2.21. The normalized spacial score (nSPS) is 11.7. The standard InChI is InChI=1S/C61H37F3N4/c62-61(63,64)53-20-10-7-17-47(53)52-36-57(67-55-21-11-8-18-48(55)50-30-27-43(33-58(50)67)41-25-23-40(24-26-41)39-13-3-1-4-14-39)46(37-65)35-60(52)68-56-22-12-9-19-49(56)51-31-28-44(34-59(51)68)45-29-32-54(66-38-45)42-15-5-2-6-16-42/h1-36,38H. The molecule has 0 N–H and O–H groups in total. The molecule has 0 aliphatic heterocycles. The third-order valence-corrected chi connectivity index (χ3v) is 13.1. The monoisotopic (exact) mass is 882 g/mol. The molecular formula is C61H37F3N4. The lowest BCUT2D eigenvalue weighted by molar-refractivity contribution is -0.137. The van der Waals surface area contributed by atoms with Gasteiger partial charge in [-0.2, -0.15) is 18.4 Å². The van der Waals surface area contributed by atoms with Crippen LogP contribution in [-0.4, -0.2) is 14.1 Å². The summed E-state index contributed by atoms with van der Waals surface area (Å²) in [5, 5.41) is 15.0. The first kappa shape index (κ1) is 40.5. The number of benzene rings is 9. The number of rotatable bonds is 7. The van der Waals surface area contributed by atoms with Crippen molar-refractivity contribution < 1.29 is 13.2 Å². The summed E-state index contributed by atoms with van der Waals surface area (Å²) in [5.41, 5.74) is 11.8. The predicted molar refractivity (Wildman–Crippen MR) is 270 cm³/mol. The van der Waals surface area contributed by atoms with Crippen molar-refractivity contribution in [1.82, 2.24) is 14.1 Å². The maximum atomic E-state index is 15.3. The van der Waals surface area contributed by atoms with Crippen LogP contribution in [0.5, 0.6) is 0 Å². The first-order valence-electron chi connectivity index (χ1n) is 22.3. The number of halogens is 3. The van der Waals surface area contributed by atoms with Gasteiger partial charge in [0.15, 0.2) is 0 Å². The highest BCUT2D eigenvalue weighted by atomic mass is 19.4. The van der Waals surface area contributed by atoms with Crippen molar-refractivity contribution in [3.8, 4) is 73.2 Å². The van der Waals surface area contributed by atoms with Crippen LogP contribution in [0.2, 0.25) is 0 Å². The molecule has 3 aromatic heterocycles. The molecule has 4 nitrogen and oxygen atoms in total. The maximum Gasteiger partial charge on any atom is 0.417 e. The molecule has 12 aromatic rings. The van der Waals surface area contributed by atoms with E-state index in [1.54, 1.807) is 18.2 Å². The second-order valence-electron chi connectivity index (χ2n) is 17.0. The topological polar surface area (TPSA) is 46.5 Å². The first-order valence-corrected chi connectivity index (χ1v) is 22.3. The molecule has 0 radical (unpaired) electrons. The van der Waals surface area contributed by atoms with Gasteiger partial charge in [-0.15, -0.1) is 0 Å². The molecule has 0 aliphatic rings. The summed E-state index contributed by atoms with van der Waals surface area (Å²) in [6.07, 6.45) is -2.83. The lowest BCUT2D eigenvalue weighted by atomic mass is 9.95. The molecule has 3 heterocycles. The Hall–Kier alpha value is -8.99. The average molecular weight is 883 g/mol. The van der Waals surface area contributed by atoms with Crippen LogP contribution in [0.3, 0.4) is 0 Å². The molecule has 0 unspecified atom stereocenters. The van der Waals surface area contributed by atoms with Gasteiger partial charge in [0.2, 0.25) is 0 Å². The van der Waals surface area contributed by atoms with E-state index in [2.05, 4.69) is 78.9 Å². The van der Waals surface area contributed by atoms with Crippen molar-refractivity contribution in [3.05, 3.63) is 236 Å². The fraction of sp³-hybridized carbons (Fsp3) is 0.0164. The molecule has 9 aromatic carbocycles. The minimum atomic E-state index is -4.67. The highest BCUT2D eigenvalue weighted by molar-refractivity contribution is 6.12. The number of para-hydroxylation sites is 2. The fourth-order valence-corrected chi connectivity index (χ4v) is 9.87. The first-order chi connectivity index (χ1) is 33.3. The lowest BCUT2D eigenvalue weighted by Crippen LogP contribution is -2.09. The highest BCUT2D eigenvalue weighted by Gasteiger charge is 2.35. The largest absolute Gasteiger partial charge is 0.417 e. The summed E-state index contributed by atoms with van der Waals surface area (Å²) >= 11 is 0. The number of nitriles is 1. The summed E-state index contributed by atoms with van der Waals surface area (Å²) < 4.78 is 49.9. The number of hydrogen-bond donors (Lipinski definition) is 0. The van der Waals surface area contributed by atoms with Gasteiger partial charge >= 0.3 is 6.18 Å². The second-order valence-corrected chi connectivity index (χ2v) is 17.0. The number of aromatic nitrogens is 3. The molecule has 68 heavy (non-hydrogen) atoms. The molecule has 0 saturated carbocycles. The second kappa shape index (κ2) is 16.2. The van der Waals surface area contributed by atoms with Gasteiger partial charge in [-0.05, 0) is 81.9 Å². The third kappa shape index (κ3) is 6.81. The van der Waals surface area contributed by atoms with Gasteiger partial charge in [-0.1, -0.05) is 170 Å². The molecule has 12 rings (SSSR count). The minimum Gasteiger partial charge on any atom is -0.309 e. The Bertz CT molecular complexity index is 3940. The molecular weight excluding hydrogens is 846 g/mol. The van der Waals surface area contributed by atoms with E-state index < -0.39 is 11.7 Å². The number of pyridine rings is 1. The van der Waals surface area contributed by atoms with Crippen molar-refractivity contribution in [1.29, 1.82) is 5.26 Å². The quantitative estimate of drug-likeness (QED) is 0.160. The van der Waals surface area contributed by atoms with E-state index in [1.807, 2.05) is 125 Å². The van der Waals surface area contributed by atoms with E-state index >= 15 is 13.2 Å². The highest BCUT2D eigenvalue weighted by Crippen LogP contribution is 2.45. The van der Waals surface area contributed by atoms with Crippen LogP contribution >= 0.6 is 0 Å². The molecule has 7 heteroatoms. The Morgan fingerprint density at radius 2 is 0.853 bits per heavy atom. The van der Waals surface area contributed by atoms with Crippen molar-refractivity contribution in [2.45, 2.75) is 6.18 Å².